The maximum atomic E-state index is 12.4. The molecule has 0 spiro atoms. The van der Waals surface area contributed by atoms with E-state index >= 15 is 0 Å². The molecule has 0 bridgehead atoms. The smallest absolute Gasteiger partial charge is 0.237 e. The Bertz CT molecular complexity index is 532. The van der Waals surface area contributed by atoms with Crippen LogP contribution in [0, 0.1) is 13.8 Å². The summed E-state index contributed by atoms with van der Waals surface area (Å²) in [4.78, 5) is 0. The second-order valence-corrected chi connectivity index (χ2v) is 4.58. The van der Waals surface area contributed by atoms with E-state index in [9.17, 15) is 8.78 Å². The third-order valence-electron chi connectivity index (χ3n) is 2.59. The van der Waals surface area contributed by atoms with Crippen molar-refractivity contribution in [1.82, 2.24) is 9.78 Å². The van der Waals surface area contributed by atoms with E-state index in [-0.39, 0.29) is 5.56 Å². The molecule has 0 aliphatic rings. The number of aryl methyl sites for hydroxylation is 1. The van der Waals surface area contributed by atoms with Crippen LogP contribution in [-0.4, -0.2) is 9.78 Å². The molecule has 0 N–H and O–H groups in total. The van der Waals surface area contributed by atoms with Gasteiger partial charge in [0.1, 0.15) is 0 Å². The van der Waals surface area contributed by atoms with Crippen molar-refractivity contribution in [2.24, 2.45) is 0 Å². The molecule has 0 atom stereocenters. The van der Waals surface area contributed by atoms with Crippen LogP contribution in [0.5, 0.6) is 0 Å². The van der Waals surface area contributed by atoms with E-state index in [1.54, 1.807) is 16.8 Å². The summed E-state index contributed by atoms with van der Waals surface area (Å²) in [5.41, 5.74) is 2.63. The van der Waals surface area contributed by atoms with Gasteiger partial charge in [-0.2, -0.15) is 5.10 Å². The van der Waals surface area contributed by atoms with Crippen LogP contribution >= 0.6 is 15.9 Å². The van der Waals surface area contributed by atoms with Crippen LogP contribution in [0.4, 0.5) is 8.78 Å². The van der Waals surface area contributed by atoms with Gasteiger partial charge in [-0.15, -0.1) is 0 Å². The van der Waals surface area contributed by atoms with Gasteiger partial charge in [-0.3, -0.25) is 0 Å². The summed E-state index contributed by atoms with van der Waals surface area (Å²) < 4.78 is 27.5. The van der Waals surface area contributed by atoms with E-state index in [2.05, 4.69) is 21.0 Å². The normalized spacial score (nSPS) is 11.2. The Morgan fingerprint density at radius 2 is 1.76 bits per heavy atom. The number of rotatable bonds is 2. The molecule has 2 rings (SSSR count). The first-order valence-corrected chi connectivity index (χ1v) is 5.90. The Kier molecular flexibility index (Phi) is 3.28. The Morgan fingerprint density at radius 3 is 2.18 bits per heavy atom. The standard InChI is InChI=1S/C12H11BrF2N2/c1-7-11(13)8(2)17(16-7)10-5-3-9(4-6-10)12(14)15/h3-6,12H,1-2H3. The van der Waals surface area contributed by atoms with Gasteiger partial charge in [0.25, 0.3) is 6.43 Å². The number of aromatic nitrogens is 2. The SMILES string of the molecule is Cc1nn(-c2ccc(C(F)F)cc2)c(C)c1Br. The molecular weight excluding hydrogens is 290 g/mol. The predicted octanol–water partition coefficient (Wildman–Crippen LogP) is 4.19. The first kappa shape index (κ1) is 12.2. The largest absolute Gasteiger partial charge is 0.263 e. The Morgan fingerprint density at radius 1 is 1.18 bits per heavy atom. The second kappa shape index (κ2) is 4.56. The monoisotopic (exact) mass is 300 g/mol. The lowest BCUT2D eigenvalue weighted by Gasteiger charge is -2.05. The van der Waals surface area contributed by atoms with Crippen molar-refractivity contribution in [3.63, 3.8) is 0 Å². The molecule has 17 heavy (non-hydrogen) atoms. The predicted molar refractivity (Wildman–Crippen MR) is 65.7 cm³/mol. The molecule has 2 aromatic rings. The van der Waals surface area contributed by atoms with Gasteiger partial charge in [-0.05, 0) is 41.9 Å². The van der Waals surface area contributed by atoms with Crippen LogP contribution in [0.1, 0.15) is 23.4 Å². The lowest BCUT2D eigenvalue weighted by atomic mass is 10.2. The summed E-state index contributed by atoms with van der Waals surface area (Å²) in [6, 6.07) is 6.13. The van der Waals surface area contributed by atoms with Crippen molar-refractivity contribution in [3.8, 4) is 5.69 Å². The molecule has 0 radical (unpaired) electrons. The highest BCUT2D eigenvalue weighted by Gasteiger charge is 2.11. The quantitative estimate of drug-likeness (QED) is 0.813. The van der Waals surface area contributed by atoms with E-state index in [1.165, 1.54) is 12.1 Å². The fourth-order valence-electron chi connectivity index (χ4n) is 1.64. The molecule has 5 heteroatoms. The van der Waals surface area contributed by atoms with Crippen LogP contribution in [-0.2, 0) is 0 Å². The molecule has 0 saturated carbocycles. The van der Waals surface area contributed by atoms with Crippen LogP contribution in [0.25, 0.3) is 5.69 Å². The molecule has 90 valence electrons. The van der Waals surface area contributed by atoms with Gasteiger partial charge in [0.15, 0.2) is 0 Å². The second-order valence-electron chi connectivity index (χ2n) is 3.79. The average Bonchev–Trinajstić information content (AvgIpc) is 2.57. The molecule has 0 amide bonds. The van der Waals surface area contributed by atoms with Crippen molar-refractivity contribution in [1.29, 1.82) is 0 Å². The summed E-state index contributed by atoms with van der Waals surface area (Å²) in [6.45, 7) is 3.81. The van der Waals surface area contributed by atoms with Crippen LogP contribution in [0.3, 0.4) is 0 Å². The Hall–Kier alpha value is -1.23. The highest BCUT2D eigenvalue weighted by molar-refractivity contribution is 9.10. The lowest BCUT2D eigenvalue weighted by Crippen LogP contribution is -1.99. The van der Waals surface area contributed by atoms with Gasteiger partial charge in [0.2, 0.25) is 0 Å². The molecule has 0 unspecified atom stereocenters. The highest BCUT2D eigenvalue weighted by Crippen LogP contribution is 2.24. The molecule has 1 aromatic carbocycles. The number of nitrogens with zero attached hydrogens (tertiary/aromatic N) is 2. The lowest BCUT2D eigenvalue weighted by molar-refractivity contribution is 0.151. The third-order valence-corrected chi connectivity index (χ3v) is 3.74. The highest BCUT2D eigenvalue weighted by atomic mass is 79.9. The zero-order chi connectivity index (χ0) is 12.6. The molecule has 2 nitrogen and oxygen atoms in total. The molecule has 0 saturated heterocycles. The summed E-state index contributed by atoms with van der Waals surface area (Å²) in [7, 11) is 0. The third kappa shape index (κ3) is 2.24. The average molecular weight is 301 g/mol. The fraction of sp³-hybridized carbons (Fsp3) is 0.250. The molecule has 1 aromatic heterocycles. The number of halogens is 3. The van der Waals surface area contributed by atoms with Crippen molar-refractivity contribution in [2.75, 3.05) is 0 Å². The number of benzene rings is 1. The summed E-state index contributed by atoms with van der Waals surface area (Å²) in [5.74, 6) is 0. The zero-order valence-electron chi connectivity index (χ0n) is 9.42. The summed E-state index contributed by atoms with van der Waals surface area (Å²) in [5, 5.41) is 4.34. The molecule has 1 heterocycles. The maximum absolute atomic E-state index is 12.4. The van der Waals surface area contributed by atoms with Crippen LogP contribution < -0.4 is 0 Å². The molecular formula is C12H11BrF2N2. The van der Waals surface area contributed by atoms with Crippen molar-refractivity contribution < 1.29 is 8.78 Å². The Labute approximate surface area is 106 Å². The Balaban J connectivity index is 2.43. The maximum Gasteiger partial charge on any atom is 0.263 e. The van der Waals surface area contributed by atoms with E-state index in [0.29, 0.717) is 0 Å². The molecule has 0 aliphatic carbocycles. The number of hydrogen-bond donors (Lipinski definition) is 0. The number of hydrogen-bond acceptors (Lipinski definition) is 1. The van der Waals surface area contributed by atoms with Crippen LogP contribution in [0.2, 0.25) is 0 Å². The van der Waals surface area contributed by atoms with E-state index in [0.717, 1.165) is 21.5 Å². The van der Waals surface area contributed by atoms with Gasteiger partial charge in [-0.1, -0.05) is 12.1 Å². The van der Waals surface area contributed by atoms with Gasteiger partial charge >= 0.3 is 0 Å². The first-order valence-electron chi connectivity index (χ1n) is 5.11. The molecule has 0 fully saturated rings. The van der Waals surface area contributed by atoms with Crippen molar-refractivity contribution in [3.05, 3.63) is 45.7 Å². The summed E-state index contributed by atoms with van der Waals surface area (Å²) in [6.07, 6.45) is -2.43. The van der Waals surface area contributed by atoms with Gasteiger partial charge in [-0.25, -0.2) is 13.5 Å². The number of alkyl halides is 2. The van der Waals surface area contributed by atoms with E-state index in [4.69, 9.17) is 0 Å². The first-order chi connectivity index (χ1) is 8.00. The van der Waals surface area contributed by atoms with Gasteiger partial charge in [0, 0.05) is 5.56 Å². The minimum absolute atomic E-state index is 0.0225. The van der Waals surface area contributed by atoms with Crippen molar-refractivity contribution >= 4 is 15.9 Å². The topological polar surface area (TPSA) is 17.8 Å². The minimum atomic E-state index is -2.43. The van der Waals surface area contributed by atoms with Gasteiger partial charge in [0.05, 0.1) is 21.5 Å². The van der Waals surface area contributed by atoms with Gasteiger partial charge < -0.3 is 0 Å². The van der Waals surface area contributed by atoms with Crippen LogP contribution in [0.15, 0.2) is 28.7 Å². The van der Waals surface area contributed by atoms with E-state index < -0.39 is 6.43 Å². The zero-order valence-corrected chi connectivity index (χ0v) is 11.0. The van der Waals surface area contributed by atoms with E-state index in [1.807, 2.05) is 13.8 Å². The summed E-state index contributed by atoms with van der Waals surface area (Å²) >= 11 is 3.43. The fourth-order valence-corrected chi connectivity index (χ4v) is 1.88. The van der Waals surface area contributed by atoms with Crippen molar-refractivity contribution in [2.45, 2.75) is 20.3 Å². The molecule has 0 aliphatic heterocycles. The minimum Gasteiger partial charge on any atom is -0.237 e.